The van der Waals surface area contributed by atoms with Crippen LogP contribution in [-0.2, 0) is 6.42 Å². The fourth-order valence-corrected chi connectivity index (χ4v) is 2.78. The minimum Gasteiger partial charge on any atom is -0.481 e. The van der Waals surface area contributed by atoms with Crippen molar-refractivity contribution < 1.29 is 4.74 Å². The van der Waals surface area contributed by atoms with Crippen LogP contribution in [0.4, 0.5) is 5.82 Å². The van der Waals surface area contributed by atoms with Gasteiger partial charge in [0.2, 0.25) is 5.88 Å². The summed E-state index contributed by atoms with van der Waals surface area (Å²) in [5.74, 6) is 1.44. The van der Waals surface area contributed by atoms with Crippen LogP contribution in [0.25, 0.3) is 0 Å². The van der Waals surface area contributed by atoms with Gasteiger partial charge in [-0.15, -0.1) is 0 Å². The van der Waals surface area contributed by atoms with Gasteiger partial charge in [0, 0.05) is 19.2 Å². The summed E-state index contributed by atoms with van der Waals surface area (Å²) < 4.78 is 5.17. The third-order valence-electron chi connectivity index (χ3n) is 3.77. The van der Waals surface area contributed by atoms with Crippen LogP contribution >= 0.6 is 0 Å². The van der Waals surface area contributed by atoms with Gasteiger partial charge in [0.25, 0.3) is 0 Å². The molecule has 0 saturated carbocycles. The van der Waals surface area contributed by atoms with E-state index in [1.54, 1.807) is 7.11 Å². The first-order chi connectivity index (χ1) is 9.83. The summed E-state index contributed by atoms with van der Waals surface area (Å²) in [6.07, 6.45) is 2.53. The van der Waals surface area contributed by atoms with E-state index in [-0.39, 0.29) is 6.04 Å². The molecule has 0 radical (unpaired) electrons. The zero-order valence-corrected chi connectivity index (χ0v) is 11.5. The maximum atomic E-state index is 6.00. The van der Waals surface area contributed by atoms with Crippen molar-refractivity contribution in [2.45, 2.75) is 12.5 Å². The number of nitrogens with two attached hydrogens (primary N) is 1. The molecule has 104 valence electrons. The van der Waals surface area contributed by atoms with Crippen molar-refractivity contribution >= 4 is 5.82 Å². The van der Waals surface area contributed by atoms with Gasteiger partial charge in [-0.25, -0.2) is 9.97 Å². The Bertz CT molecular complexity index is 602. The number of nitrogens with zero attached hydrogens (tertiary/aromatic N) is 3. The number of hydrogen-bond donors (Lipinski definition) is 1. The molecule has 1 unspecified atom stereocenters. The zero-order valence-electron chi connectivity index (χ0n) is 11.5. The summed E-state index contributed by atoms with van der Waals surface area (Å²) in [4.78, 5) is 10.6. The molecule has 1 aliphatic rings. The number of anilines is 1. The number of rotatable bonds is 3. The summed E-state index contributed by atoms with van der Waals surface area (Å²) in [6.45, 7) is 1.46. The van der Waals surface area contributed by atoms with Gasteiger partial charge in [0.05, 0.1) is 13.2 Å². The molecule has 0 fully saturated rings. The molecular formula is C15H18N4O. The third-order valence-corrected chi connectivity index (χ3v) is 3.77. The van der Waals surface area contributed by atoms with E-state index in [0.29, 0.717) is 12.4 Å². The predicted octanol–water partition coefficient (Wildman–Crippen LogP) is 1.55. The molecule has 1 aromatic heterocycles. The van der Waals surface area contributed by atoms with Crippen molar-refractivity contribution in [1.82, 2.24) is 9.97 Å². The predicted molar refractivity (Wildman–Crippen MR) is 77.9 cm³/mol. The van der Waals surface area contributed by atoms with E-state index >= 15 is 0 Å². The van der Waals surface area contributed by atoms with Crippen LogP contribution in [0.15, 0.2) is 36.7 Å². The maximum absolute atomic E-state index is 6.00. The van der Waals surface area contributed by atoms with Crippen LogP contribution in [-0.4, -0.2) is 30.2 Å². The number of fused-ring (bicyclic) bond motifs is 1. The topological polar surface area (TPSA) is 64.3 Å². The molecule has 2 heterocycles. The van der Waals surface area contributed by atoms with Crippen LogP contribution in [0.2, 0.25) is 0 Å². The third kappa shape index (κ3) is 2.20. The van der Waals surface area contributed by atoms with Crippen molar-refractivity contribution in [3.05, 3.63) is 47.8 Å². The fraction of sp³-hybridized carbons (Fsp3) is 0.333. The molecule has 20 heavy (non-hydrogen) atoms. The Hall–Kier alpha value is -2.14. The second-order valence-electron chi connectivity index (χ2n) is 4.81. The molecule has 1 aromatic carbocycles. The van der Waals surface area contributed by atoms with Crippen molar-refractivity contribution in [3.8, 4) is 5.88 Å². The Balaban J connectivity index is 1.98. The SMILES string of the molecule is COc1cc(N2CCc3ccccc3C2CN)ncn1. The quantitative estimate of drug-likeness (QED) is 0.916. The Morgan fingerprint density at radius 1 is 1.35 bits per heavy atom. The average molecular weight is 270 g/mol. The second-order valence-corrected chi connectivity index (χ2v) is 4.81. The first-order valence-electron chi connectivity index (χ1n) is 6.74. The lowest BCUT2D eigenvalue weighted by molar-refractivity contribution is 0.396. The minimum absolute atomic E-state index is 0.152. The van der Waals surface area contributed by atoms with Gasteiger partial charge in [0.15, 0.2) is 0 Å². The van der Waals surface area contributed by atoms with Crippen molar-refractivity contribution in [2.75, 3.05) is 25.1 Å². The van der Waals surface area contributed by atoms with Gasteiger partial charge in [-0.2, -0.15) is 0 Å². The molecule has 0 saturated heterocycles. The fourth-order valence-electron chi connectivity index (χ4n) is 2.78. The normalized spacial score (nSPS) is 17.7. The minimum atomic E-state index is 0.152. The Morgan fingerprint density at radius 2 is 2.20 bits per heavy atom. The number of aromatic nitrogens is 2. The molecular weight excluding hydrogens is 252 g/mol. The summed E-state index contributed by atoms with van der Waals surface area (Å²) in [6, 6.07) is 10.5. The van der Waals surface area contributed by atoms with Gasteiger partial charge >= 0.3 is 0 Å². The van der Waals surface area contributed by atoms with Crippen LogP contribution in [0, 0.1) is 0 Å². The standard InChI is InChI=1S/C15H18N4O/c1-20-15-8-14(17-10-18-15)19-7-6-11-4-2-3-5-12(11)13(19)9-16/h2-5,8,10,13H,6-7,9,16H2,1H3. The number of methoxy groups -OCH3 is 1. The lowest BCUT2D eigenvalue weighted by Gasteiger charge is -2.37. The molecule has 3 rings (SSSR count). The van der Waals surface area contributed by atoms with E-state index in [4.69, 9.17) is 10.5 Å². The van der Waals surface area contributed by atoms with Gasteiger partial charge in [-0.3, -0.25) is 0 Å². The molecule has 1 aliphatic heterocycles. The second kappa shape index (κ2) is 5.46. The summed E-state index contributed by atoms with van der Waals surface area (Å²) >= 11 is 0. The zero-order chi connectivity index (χ0) is 13.9. The van der Waals surface area contributed by atoms with Gasteiger partial charge in [-0.1, -0.05) is 24.3 Å². The molecule has 5 heteroatoms. The van der Waals surface area contributed by atoms with Crippen molar-refractivity contribution in [2.24, 2.45) is 5.73 Å². The highest BCUT2D eigenvalue weighted by Crippen LogP contribution is 2.32. The first-order valence-corrected chi connectivity index (χ1v) is 6.74. The Labute approximate surface area is 118 Å². The van der Waals surface area contributed by atoms with Gasteiger partial charge in [-0.05, 0) is 17.5 Å². The maximum Gasteiger partial charge on any atom is 0.218 e. The molecule has 5 nitrogen and oxygen atoms in total. The van der Waals surface area contributed by atoms with E-state index in [1.807, 2.05) is 6.07 Å². The highest BCUT2D eigenvalue weighted by molar-refractivity contribution is 5.48. The van der Waals surface area contributed by atoms with Crippen LogP contribution in [0.5, 0.6) is 5.88 Å². The van der Waals surface area contributed by atoms with E-state index in [0.717, 1.165) is 18.8 Å². The monoisotopic (exact) mass is 270 g/mol. The number of ether oxygens (including phenoxy) is 1. The van der Waals surface area contributed by atoms with Crippen LogP contribution < -0.4 is 15.4 Å². The van der Waals surface area contributed by atoms with E-state index in [9.17, 15) is 0 Å². The van der Waals surface area contributed by atoms with Crippen molar-refractivity contribution in [1.29, 1.82) is 0 Å². The summed E-state index contributed by atoms with van der Waals surface area (Å²) in [7, 11) is 1.61. The molecule has 2 N–H and O–H groups in total. The lowest BCUT2D eigenvalue weighted by atomic mass is 9.92. The van der Waals surface area contributed by atoms with Crippen LogP contribution in [0.1, 0.15) is 17.2 Å². The molecule has 2 aromatic rings. The van der Waals surface area contributed by atoms with E-state index in [2.05, 4.69) is 39.1 Å². The van der Waals surface area contributed by atoms with E-state index < -0.39 is 0 Å². The smallest absolute Gasteiger partial charge is 0.218 e. The molecule has 0 spiro atoms. The molecule has 0 bridgehead atoms. The first kappa shape index (κ1) is 12.9. The number of hydrogen-bond acceptors (Lipinski definition) is 5. The van der Waals surface area contributed by atoms with Gasteiger partial charge in [0.1, 0.15) is 12.1 Å². The summed E-state index contributed by atoms with van der Waals surface area (Å²) in [5, 5.41) is 0. The van der Waals surface area contributed by atoms with Crippen molar-refractivity contribution in [3.63, 3.8) is 0 Å². The molecule has 0 aliphatic carbocycles. The molecule has 1 atom stereocenters. The summed E-state index contributed by atoms with van der Waals surface area (Å²) in [5.41, 5.74) is 8.67. The van der Waals surface area contributed by atoms with E-state index in [1.165, 1.54) is 17.5 Å². The highest BCUT2D eigenvalue weighted by atomic mass is 16.5. The Kier molecular flexibility index (Phi) is 3.52. The lowest BCUT2D eigenvalue weighted by Crippen LogP contribution is -2.39. The largest absolute Gasteiger partial charge is 0.481 e. The highest BCUT2D eigenvalue weighted by Gasteiger charge is 2.27. The number of benzene rings is 1. The Morgan fingerprint density at radius 3 is 3.00 bits per heavy atom. The van der Waals surface area contributed by atoms with Gasteiger partial charge < -0.3 is 15.4 Å². The molecule has 0 amide bonds. The van der Waals surface area contributed by atoms with Crippen LogP contribution in [0.3, 0.4) is 0 Å². The average Bonchev–Trinajstić information content (AvgIpc) is 2.53.